The highest BCUT2D eigenvalue weighted by molar-refractivity contribution is 9.10. The minimum absolute atomic E-state index is 0.225. The molecular weight excluding hydrogens is 298 g/mol. The largest absolute Gasteiger partial charge is 0.467 e. The van der Waals surface area contributed by atoms with Gasteiger partial charge in [0.25, 0.3) is 0 Å². The Morgan fingerprint density at radius 3 is 2.44 bits per heavy atom. The molecule has 98 valence electrons. The maximum absolute atomic E-state index is 11.8. The van der Waals surface area contributed by atoms with Gasteiger partial charge in [-0.05, 0) is 12.0 Å². The number of hydrogen-bond donors (Lipinski definition) is 1. The molecule has 0 aliphatic rings. The Labute approximate surface area is 115 Å². The summed E-state index contributed by atoms with van der Waals surface area (Å²) in [4.78, 5) is 23.2. The van der Waals surface area contributed by atoms with Gasteiger partial charge in [0.15, 0.2) is 6.04 Å². The molecule has 0 aliphatic carbocycles. The fourth-order valence-electron chi connectivity index (χ4n) is 1.46. The summed E-state index contributed by atoms with van der Waals surface area (Å²) in [6.07, 6.45) is 0.647. The van der Waals surface area contributed by atoms with E-state index >= 15 is 0 Å². The highest BCUT2D eigenvalue weighted by Gasteiger charge is 2.25. The zero-order chi connectivity index (χ0) is 13.5. The van der Waals surface area contributed by atoms with Crippen molar-refractivity contribution in [2.45, 2.75) is 24.2 Å². The first-order valence-electron chi connectivity index (χ1n) is 5.67. The van der Waals surface area contributed by atoms with Crippen LogP contribution in [0.15, 0.2) is 30.3 Å². The van der Waals surface area contributed by atoms with Crippen molar-refractivity contribution in [3.05, 3.63) is 35.9 Å². The van der Waals surface area contributed by atoms with Crippen molar-refractivity contribution in [2.75, 3.05) is 7.11 Å². The Hall–Kier alpha value is -1.36. The lowest BCUT2D eigenvalue weighted by Gasteiger charge is -2.18. The average Bonchev–Trinajstić information content (AvgIpc) is 2.43. The lowest BCUT2D eigenvalue weighted by Crippen LogP contribution is -2.38. The predicted octanol–water partition coefficient (Wildman–Crippen LogP) is 2.19. The van der Waals surface area contributed by atoms with Gasteiger partial charge < -0.3 is 10.1 Å². The number of amides is 1. The number of methoxy groups -OCH3 is 1. The van der Waals surface area contributed by atoms with E-state index in [4.69, 9.17) is 4.74 Å². The summed E-state index contributed by atoms with van der Waals surface area (Å²) in [7, 11) is 1.30. The first-order chi connectivity index (χ1) is 8.60. The number of nitrogens with one attached hydrogen (secondary N) is 1. The van der Waals surface area contributed by atoms with E-state index in [0.29, 0.717) is 12.0 Å². The summed E-state index contributed by atoms with van der Waals surface area (Å²) >= 11 is 3.25. The fourth-order valence-corrected chi connectivity index (χ4v) is 1.59. The Kier molecular flexibility index (Phi) is 5.85. The van der Waals surface area contributed by atoms with Crippen molar-refractivity contribution in [1.29, 1.82) is 0 Å². The molecule has 0 aliphatic heterocycles. The number of carbonyl (C=O) groups excluding carboxylic acids is 2. The van der Waals surface area contributed by atoms with Crippen LogP contribution in [0.2, 0.25) is 0 Å². The van der Waals surface area contributed by atoms with Crippen molar-refractivity contribution in [3.63, 3.8) is 0 Å². The van der Waals surface area contributed by atoms with E-state index in [2.05, 4.69) is 21.2 Å². The molecule has 1 amide bonds. The predicted molar refractivity (Wildman–Crippen MR) is 72.3 cm³/mol. The van der Waals surface area contributed by atoms with E-state index < -0.39 is 12.0 Å². The summed E-state index contributed by atoms with van der Waals surface area (Å²) in [6, 6.07) is 8.24. The third kappa shape index (κ3) is 3.84. The normalized spacial score (nSPS) is 13.5. The monoisotopic (exact) mass is 313 g/mol. The molecule has 2 atom stereocenters. The number of alkyl halides is 1. The van der Waals surface area contributed by atoms with Gasteiger partial charge >= 0.3 is 5.97 Å². The highest BCUT2D eigenvalue weighted by Crippen LogP contribution is 2.15. The first-order valence-corrected chi connectivity index (χ1v) is 6.59. The van der Waals surface area contributed by atoms with Crippen LogP contribution in [0.5, 0.6) is 0 Å². The van der Waals surface area contributed by atoms with Crippen molar-refractivity contribution in [2.24, 2.45) is 0 Å². The molecule has 2 unspecified atom stereocenters. The third-order valence-corrected chi connectivity index (χ3v) is 3.56. The molecule has 1 rings (SSSR count). The zero-order valence-corrected chi connectivity index (χ0v) is 11.9. The van der Waals surface area contributed by atoms with E-state index in [9.17, 15) is 9.59 Å². The Bertz CT molecular complexity index is 408. The van der Waals surface area contributed by atoms with E-state index in [1.165, 1.54) is 7.11 Å². The second-order valence-electron chi connectivity index (χ2n) is 3.75. The SMILES string of the molecule is CCC(Br)C(=O)NC(C(=O)OC)c1ccccc1. The topological polar surface area (TPSA) is 55.4 Å². The van der Waals surface area contributed by atoms with Crippen molar-refractivity contribution >= 4 is 27.8 Å². The number of hydrogen-bond acceptors (Lipinski definition) is 3. The molecule has 4 nitrogen and oxygen atoms in total. The summed E-state index contributed by atoms with van der Waals surface area (Å²) in [5, 5.41) is 2.67. The quantitative estimate of drug-likeness (QED) is 0.669. The number of benzene rings is 1. The second-order valence-corrected chi connectivity index (χ2v) is 4.86. The molecular formula is C13H16BrNO3. The Morgan fingerprint density at radius 1 is 1.33 bits per heavy atom. The lowest BCUT2D eigenvalue weighted by molar-refractivity contribution is -0.145. The van der Waals surface area contributed by atoms with Crippen LogP contribution in [-0.2, 0) is 14.3 Å². The molecule has 0 bridgehead atoms. The molecule has 0 aromatic heterocycles. The van der Waals surface area contributed by atoms with Crippen LogP contribution in [-0.4, -0.2) is 23.8 Å². The smallest absolute Gasteiger partial charge is 0.333 e. The Morgan fingerprint density at radius 2 is 1.94 bits per heavy atom. The molecule has 0 saturated carbocycles. The van der Waals surface area contributed by atoms with Crippen LogP contribution in [0.1, 0.15) is 24.9 Å². The third-order valence-electron chi connectivity index (χ3n) is 2.50. The molecule has 0 heterocycles. The minimum atomic E-state index is -0.768. The maximum Gasteiger partial charge on any atom is 0.333 e. The first kappa shape index (κ1) is 14.7. The van der Waals surface area contributed by atoms with E-state index in [1.54, 1.807) is 12.1 Å². The standard InChI is InChI=1S/C13H16BrNO3/c1-3-10(14)12(16)15-11(13(17)18-2)9-7-5-4-6-8-9/h4-8,10-11H,3H2,1-2H3,(H,15,16). The molecule has 1 aromatic carbocycles. The molecule has 0 fully saturated rings. The van der Waals surface area contributed by atoms with E-state index in [1.807, 2.05) is 25.1 Å². The Balaban J connectivity index is 2.87. The van der Waals surface area contributed by atoms with E-state index in [-0.39, 0.29) is 10.7 Å². The number of ether oxygens (including phenoxy) is 1. The molecule has 1 aromatic rings. The van der Waals surface area contributed by atoms with Gasteiger partial charge in [-0.25, -0.2) is 4.79 Å². The van der Waals surface area contributed by atoms with Crippen molar-refractivity contribution in [1.82, 2.24) is 5.32 Å². The van der Waals surface area contributed by atoms with Crippen LogP contribution in [0, 0.1) is 0 Å². The maximum atomic E-state index is 11.8. The van der Waals surface area contributed by atoms with Gasteiger partial charge in [-0.1, -0.05) is 53.2 Å². The number of halogens is 1. The molecule has 0 radical (unpaired) electrons. The number of rotatable bonds is 5. The molecule has 5 heteroatoms. The molecule has 18 heavy (non-hydrogen) atoms. The van der Waals surface area contributed by atoms with Crippen LogP contribution < -0.4 is 5.32 Å². The summed E-state index contributed by atoms with van der Waals surface area (Å²) in [6.45, 7) is 1.88. The lowest BCUT2D eigenvalue weighted by atomic mass is 10.1. The molecule has 1 N–H and O–H groups in total. The molecule has 0 spiro atoms. The van der Waals surface area contributed by atoms with Crippen molar-refractivity contribution < 1.29 is 14.3 Å². The van der Waals surface area contributed by atoms with Gasteiger partial charge in [0.1, 0.15) is 0 Å². The summed E-state index contributed by atoms with van der Waals surface area (Å²) < 4.78 is 4.71. The minimum Gasteiger partial charge on any atom is -0.467 e. The summed E-state index contributed by atoms with van der Waals surface area (Å²) in [5.74, 6) is -0.706. The number of esters is 1. The zero-order valence-electron chi connectivity index (χ0n) is 10.4. The van der Waals surface area contributed by atoms with Gasteiger partial charge in [0.2, 0.25) is 5.91 Å². The van der Waals surface area contributed by atoms with Gasteiger partial charge in [-0.3, -0.25) is 4.79 Å². The van der Waals surface area contributed by atoms with Gasteiger partial charge in [-0.15, -0.1) is 0 Å². The summed E-state index contributed by atoms with van der Waals surface area (Å²) in [5.41, 5.74) is 0.702. The second kappa shape index (κ2) is 7.16. The van der Waals surface area contributed by atoms with Gasteiger partial charge in [-0.2, -0.15) is 0 Å². The van der Waals surface area contributed by atoms with E-state index in [0.717, 1.165) is 0 Å². The molecule has 0 saturated heterocycles. The highest BCUT2D eigenvalue weighted by atomic mass is 79.9. The average molecular weight is 314 g/mol. The van der Waals surface area contributed by atoms with Gasteiger partial charge in [0.05, 0.1) is 11.9 Å². The van der Waals surface area contributed by atoms with Crippen LogP contribution >= 0.6 is 15.9 Å². The fraction of sp³-hybridized carbons (Fsp3) is 0.385. The van der Waals surface area contributed by atoms with Crippen LogP contribution in [0.3, 0.4) is 0 Å². The van der Waals surface area contributed by atoms with Crippen LogP contribution in [0.25, 0.3) is 0 Å². The van der Waals surface area contributed by atoms with Crippen LogP contribution in [0.4, 0.5) is 0 Å². The number of carbonyl (C=O) groups is 2. The van der Waals surface area contributed by atoms with Crippen molar-refractivity contribution in [3.8, 4) is 0 Å². The van der Waals surface area contributed by atoms with Gasteiger partial charge in [0, 0.05) is 0 Å².